The minimum Gasteiger partial charge on any atom is -0.395 e. The zero-order valence-electron chi connectivity index (χ0n) is 10.7. The summed E-state index contributed by atoms with van der Waals surface area (Å²) < 4.78 is 29.5. The molecular weight excluding hydrogens is 415 g/mol. The van der Waals surface area contributed by atoms with Crippen LogP contribution in [0.15, 0.2) is 18.2 Å². The topological polar surface area (TPSA) is 69.6 Å². The minimum atomic E-state index is -3.66. The van der Waals surface area contributed by atoms with Crippen molar-refractivity contribution in [1.29, 1.82) is 0 Å². The predicted molar refractivity (Wildman–Crippen MR) is 88.1 cm³/mol. The molecule has 0 saturated carbocycles. The van der Waals surface area contributed by atoms with E-state index < -0.39 is 10.2 Å². The van der Waals surface area contributed by atoms with Gasteiger partial charge in [0, 0.05) is 21.2 Å². The van der Waals surface area contributed by atoms with Gasteiger partial charge in [0.25, 0.3) is 0 Å². The van der Waals surface area contributed by atoms with E-state index >= 15 is 0 Å². The number of hydrogen-bond acceptors (Lipinski definition) is 3. The molecule has 1 saturated heterocycles. The van der Waals surface area contributed by atoms with Gasteiger partial charge in [-0.1, -0.05) is 18.0 Å². The summed E-state index contributed by atoms with van der Waals surface area (Å²) >= 11 is 7.89. The Hall–Kier alpha value is -0.0900. The second kappa shape index (κ2) is 6.78. The smallest absolute Gasteiger partial charge is 0.301 e. The zero-order chi connectivity index (χ0) is 14.8. The van der Waals surface area contributed by atoms with Crippen LogP contribution in [0.5, 0.6) is 0 Å². The average Bonchev–Trinajstić information content (AvgIpc) is 2.42. The lowest BCUT2D eigenvalue weighted by atomic mass is 10.1. The molecule has 0 radical (unpaired) electrons. The molecule has 0 aliphatic carbocycles. The Kier molecular flexibility index (Phi) is 5.52. The first-order chi connectivity index (χ1) is 9.44. The number of aliphatic hydroxyl groups is 1. The third kappa shape index (κ3) is 3.76. The van der Waals surface area contributed by atoms with Crippen molar-refractivity contribution in [3.63, 3.8) is 0 Å². The fourth-order valence-corrected chi connectivity index (χ4v) is 4.94. The van der Waals surface area contributed by atoms with Crippen LogP contribution < -0.4 is 4.72 Å². The summed E-state index contributed by atoms with van der Waals surface area (Å²) in [6.07, 6.45) is 2.44. The van der Waals surface area contributed by atoms with E-state index in [9.17, 15) is 13.5 Å². The van der Waals surface area contributed by atoms with Crippen LogP contribution in [-0.2, 0) is 10.2 Å². The molecule has 0 aromatic heterocycles. The van der Waals surface area contributed by atoms with E-state index in [1.807, 2.05) is 22.6 Å². The van der Waals surface area contributed by atoms with E-state index in [0.717, 1.165) is 16.4 Å². The second-order valence-electron chi connectivity index (χ2n) is 4.67. The Bertz CT molecular complexity index is 582. The van der Waals surface area contributed by atoms with Crippen LogP contribution in [0, 0.1) is 3.57 Å². The number of halogens is 2. The molecule has 2 rings (SSSR count). The molecule has 112 valence electrons. The van der Waals surface area contributed by atoms with Gasteiger partial charge in [-0.15, -0.1) is 0 Å². The molecule has 1 heterocycles. The summed E-state index contributed by atoms with van der Waals surface area (Å²) in [5, 5.41) is 9.89. The van der Waals surface area contributed by atoms with Crippen molar-refractivity contribution in [2.45, 2.75) is 25.3 Å². The molecule has 20 heavy (non-hydrogen) atoms. The molecule has 1 fully saturated rings. The van der Waals surface area contributed by atoms with Crippen molar-refractivity contribution < 1.29 is 13.5 Å². The van der Waals surface area contributed by atoms with E-state index in [-0.39, 0.29) is 12.6 Å². The van der Waals surface area contributed by atoms with E-state index in [1.165, 1.54) is 4.31 Å². The molecule has 0 amide bonds. The van der Waals surface area contributed by atoms with Gasteiger partial charge < -0.3 is 5.11 Å². The third-order valence-corrected chi connectivity index (χ3v) is 5.97. The van der Waals surface area contributed by atoms with Crippen molar-refractivity contribution in [3.8, 4) is 0 Å². The monoisotopic (exact) mass is 430 g/mol. The van der Waals surface area contributed by atoms with E-state index in [0.29, 0.717) is 23.7 Å². The van der Waals surface area contributed by atoms with Crippen LogP contribution in [0.4, 0.5) is 5.69 Å². The fraction of sp³-hybridized carbons (Fsp3) is 0.500. The molecule has 1 atom stereocenters. The highest BCUT2D eigenvalue weighted by molar-refractivity contribution is 14.1. The van der Waals surface area contributed by atoms with Crippen molar-refractivity contribution >= 4 is 50.1 Å². The van der Waals surface area contributed by atoms with Gasteiger partial charge in [-0.2, -0.15) is 12.7 Å². The van der Waals surface area contributed by atoms with Crippen molar-refractivity contribution in [2.24, 2.45) is 0 Å². The molecule has 1 aliphatic heterocycles. The molecule has 1 aromatic carbocycles. The maximum Gasteiger partial charge on any atom is 0.301 e. The van der Waals surface area contributed by atoms with Crippen LogP contribution >= 0.6 is 34.2 Å². The van der Waals surface area contributed by atoms with Crippen LogP contribution in [0.1, 0.15) is 19.3 Å². The summed E-state index contributed by atoms with van der Waals surface area (Å²) in [7, 11) is -3.66. The van der Waals surface area contributed by atoms with Crippen molar-refractivity contribution in [2.75, 3.05) is 17.9 Å². The van der Waals surface area contributed by atoms with Gasteiger partial charge >= 0.3 is 10.2 Å². The first kappa shape index (κ1) is 16.3. The Morgan fingerprint density at radius 2 is 2.20 bits per heavy atom. The molecule has 8 heteroatoms. The van der Waals surface area contributed by atoms with E-state index in [1.54, 1.807) is 18.2 Å². The summed E-state index contributed by atoms with van der Waals surface area (Å²) in [6, 6.07) is 4.63. The zero-order valence-corrected chi connectivity index (χ0v) is 14.4. The standard InChI is InChI=1S/C12H16ClIN2O3S/c13-9-4-5-12(11(14)7-9)15-20(18,19)16-6-2-1-3-10(16)8-17/h4-5,7,10,15,17H,1-3,6,8H2. The van der Waals surface area contributed by atoms with E-state index in [2.05, 4.69) is 4.72 Å². The summed E-state index contributed by atoms with van der Waals surface area (Å²) in [6.45, 7) is 0.281. The summed E-state index contributed by atoms with van der Waals surface area (Å²) in [5.74, 6) is 0. The first-order valence-electron chi connectivity index (χ1n) is 6.29. The van der Waals surface area contributed by atoms with Gasteiger partial charge in [-0.05, 0) is 53.6 Å². The molecule has 2 N–H and O–H groups in total. The predicted octanol–water partition coefficient (Wildman–Crippen LogP) is 2.45. The Balaban J connectivity index is 2.21. The quantitative estimate of drug-likeness (QED) is 0.721. The van der Waals surface area contributed by atoms with Gasteiger partial charge in [0.05, 0.1) is 12.3 Å². The normalized spacial score (nSPS) is 20.9. The highest BCUT2D eigenvalue weighted by Crippen LogP contribution is 2.26. The number of aliphatic hydroxyl groups excluding tert-OH is 1. The number of piperidine rings is 1. The van der Waals surface area contributed by atoms with Crippen LogP contribution in [-0.4, -0.2) is 37.0 Å². The van der Waals surface area contributed by atoms with Crippen LogP contribution in [0.25, 0.3) is 0 Å². The number of nitrogens with one attached hydrogen (secondary N) is 1. The fourth-order valence-electron chi connectivity index (χ4n) is 2.24. The molecule has 0 spiro atoms. The lowest BCUT2D eigenvalue weighted by Crippen LogP contribution is -2.48. The summed E-state index contributed by atoms with van der Waals surface area (Å²) in [4.78, 5) is 0. The Labute approximate surface area is 137 Å². The SMILES string of the molecule is O=S(=O)(Nc1ccc(Cl)cc1I)N1CCCCC1CO. The lowest BCUT2D eigenvalue weighted by molar-refractivity contribution is 0.156. The second-order valence-corrected chi connectivity index (χ2v) is 7.90. The highest BCUT2D eigenvalue weighted by Gasteiger charge is 2.32. The number of rotatable bonds is 4. The maximum absolute atomic E-state index is 12.4. The Morgan fingerprint density at radius 1 is 1.45 bits per heavy atom. The van der Waals surface area contributed by atoms with Gasteiger partial charge in [0.1, 0.15) is 0 Å². The molecule has 1 unspecified atom stereocenters. The third-order valence-electron chi connectivity index (χ3n) is 3.26. The van der Waals surface area contributed by atoms with Crippen molar-refractivity contribution in [3.05, 3.63) is 26.8 Å². The Morgan fingerprint density at radius 3 is 2.85 bits per heavy atom. The average molecular weight is 431 g/mol. The van der Waals surface area contributed by atoms with Crippen LogP contribution in [0.3, 0.4) is 0 Å². The number of benzene rings is 1. The largest absolute Gasteiger partial charge is 0.395 e. The number of hydrogen-bond donors (Lipinski definition) is 2. The van der Waals surface area contributed by atoms with Gasteiger partial charge in [0.15, 0.2) is 0 Å². The van der Waals surface area contributed by atoms with Gasteiger partial charge in [-0.3, -0.25) is 4.72 Å². The number of nitrogens with zero attached hydrogens (tertiary/aromatic N) is 1. The molecule has 0 bridgehead atoms. The van der Waals surface area contributed by atoms with E-state index in [4.69, 9.17) is 11.6 Å². The summed E-state index contributed by atoms with van der Waals surface area (Å²) in [5.41, 5.74) is 0.497. The molecule has 1 aromatic rings. The molecular formula is C12H16ClIN2O3S. The van der Waals surface area contributed by atoms with Gasteiger partial charge in [-0.25, -0.2) is 0 Å². The molecule has 1 aliphatic rings. The highest BCUT2D eigenvalue weighted by atomic mass is 127. The maximum atomic E-state index is 12.4. The van der Waals surface area contributed by atoms with Crippen LogP contribution in [0.2, 0.25) is 5.02 Å². The first-order valence-corrected chi connectivity index (χ1v) is 9.19. The lowest BCUT2D eigenvalue weighted by Gasteiger charge is -2.33. The van der Waals surface area contributed by atoms with Crippen molar-refractivity contribution in [1.82, 2.24) is 4.31 Å². The minimum absolute atomic E-state index is 0.154. The molecule has 5 nitrogen and oxygen atoms in total. The van der Waals surface area contributed by atoms with Gasteiger partial charge in [0.2, 0.25) is 0 Å². The number of anilines is 1.